The molecule has 2 aromatic carbocycles. The summed E-state index contributed by atoms with van der Waals surface area (Å²) in [5.74, 6) is 2.53. The zero-order valence-electron chi connectivity index (χ0n) is 13.2. The molecular formula is C18H18N2O3S. The van der Waals surface area contributed by atoms with E-state index in [1.165, 1.54) is 4.90 Å². The third-order valence-electron chi connectivity index (χ3n) is 4.09. The molecule has 1 amide bonds. The van der Waals surface area contributed by atoms with Crippen LogP contribution in [0.25, 0.3) is 0 Å². The molecule has 5 nitrogen and oxygen atoms in total. The zero-order valence-corrected chi connectivity index (χ0v) is 14.0. The van der Waals surface area contributed by atoms with Gasteiger partial charge in [0.15, 0.2) is 11.5 Å². The average molecular weight is 342 g/mol. The highest BCUT2D eigenvalue weighted by Gasteiger charge is 2.19. The molecule has 0 aliphatic carbocycles. The van der Waals surface area contributed by atoms with Gasteiger partial charge in [0, 0.05) is 23.7 Å². The first kappa shape index (κ1) is 15.2. The van der Waals surface area contributed by atoms with Crippen molar-refractivity contribution in [2.24, 2.45) is 0 Å². The molecule has 4 rings (SSSR count). The average Bonchev–Trinajstić information content (AvgIpc) is 3.08. The summed E-state index contributed by atoms with van der Waals surface area (Å²) < 4.78 is 10.7. The van der Waals surface area contributed by atoms with Crippen molar-refractivity contribution in [3.63, 3.8) is 0 Å². The van der Waals surface area contributed by atoms with Crippen molar-refractivity contribution < 1.29 is 14.3 Å². The molecule has 0 radical (unpaired) electrons. The second kappa shape index (κ2) is 6.65. The Morgan fingerprint density at radius 2 is 2.04 bits per heavy atom. The molecule has 0 aromatic heterocycles. The molecule has 2 aliphatic rings. The van der Waals surface area contributed by atoms with Gasteiger partial charge in [-0.3, -0.25) is 4.79 Å². The Kier molecular flexibility index (Phi) is 4.21. The maximum atomic E-state index is 12.3. The van der Waals surface area contributed by atoms with Gasteiger partial charge in [-0.2, -0.15) is 0 Å². The van der Waals surface area contributed by atoms with Gasteiger partial charge < -0.3 is 19.7 Å². The fraction of sp³-hybridized carbons (Fsp3) is 0.278. The number of rotatable bonds is 4. The lowest BCUT2D eigenvalue weighted by molar-refractivity contribution is -0.119. The van der Waals surface area contributed by atoms with Crippen LogP contribution in [0.5, 0.6) is 11.5 Å². The molecule has 0 spiro atoms. The number of hydrogen-bond donors (Lipinski definition) is 1. The van der Waals surface area contributed by atoms with E-state index in [0.29, 0.717) is 13.1 Å². The third-order valence-corrected chi connectivity index (χ3v) is 5.13. The Hall–Kier alpha value is -2.34. The predicted molar refractivity (Wildman–Crippen MR) is 93.8 cm³/mol. The Morgan fingerprint density at radius 3 is 3.00 bits per heavy atom. The normalized spacial score (nSPS) is 15.1. The number of para-hydroxylation sites is 1. The summed E-state index contributed by atoms with van der Waals surface area (Å²) >= 11 is 1.84. The lowest BCUT2D eigenvalue weighted by atomic mass is 10.2. The van der Waals surface area contributed by atoms with Gasteiger partial charge >= 0.3 is 0 Å². The van der Waals surface area contributed by atoms with E-state index < -0.39 is 0 Å². The van der Waals surface area contributed by atoms with Gasteiger partial charge in [0.05, 0.1) is 12.2 Å². The fourth-order valence-corrected chi connectivity index (χ4v) is 3.92. The van der Waals surface area contributed by atoms with Gasteiger partial charge in [0.1, 0.15) is 0 Å². The molecule has 0 saturated carbocycles. The van der Waals surface area contributed by atoms with E-state index in [4.69, 9.17) is 9.47 Å². The number of carbonyl (C=O) groups excluding carboxylic acids is 1. The first-order chi connectivity index (χ1) is 11.8. The van der Waals surface area contributed by atoms with E-state index in [0.717, 1.165) is 35.0 Å². The molecule has 0 unspecified atom stereocenters. The molecule has 1 N–H and O–H groups in total. The summed E-state index contributed by atoms with van der Waals surface area (Å²) in [6.45, 7) is 2.01. The molecular weight excluding hydrogens is 324 g/mol. The highest BCUT2D eigenvalue weighted by atomic mass is 32.2. The number of benzene rings is 2. The highest BCUT2D eigenvalue weighted by Crippen LogP contribution is 2.34. The number of ether oxygens (including phenoxy) is 2. The minimum Gasteiger partial charge on any atom is -0.454 e. The number of thioether (sulfide) groups is 1. The Balaban J connectivity index is 1.36. The van der Waals surface area contributed by atoms with Crippen molar-refractivity contribution in [3.05, 3.63) is 48.0 Å². The predicted octanol–water partition coefficient (Wildman–Crippen LogP) is 2.64. The summed E-state index contributed by atoms with van der Waals surface area (Å²) in [6, 6.07) is 14.0. The molecule has 0 bridgehead atoms. The van der Waals surface area contributed by atoms with E-state index >= 15 is 0 Å². The summed E-state index contributed by atoms with van der Waals surface area (Å²) in [6.07, 6.45) is 0. The van der Waals surface area contributed by atoms with Gasteiger partial charge in [-0.05, 0) is 29.8 Å². The minimum atomic E-state index is 0.0226. The summed E-state index contributed by atoms with van der Waals surface area (Å²) in [5, 5.41) is 2.98. The molecule has 2 heterocycles. The summed E-state index contributed by atoms with van der Waals surface area (Å²) in [7, 11) is 0. The summed E-state index contributed by atoms with van der Waals surface area (Å²) in [5.41, 5.74) is 2.15. The number of carbonyl (C=O) groups is 1. The summed E-state index contributed by atoms with van der Waals surface area (Å²) in [4.78, 5) is 15.7. The molecule has 0 atom stereocenters. The number of amides is 1. The lowest BCUT2D eigenvalue weighted by Crippen LogP contribution is -2.39. The van der Waals surface area contributed by atoms with Crippen molar-refractivity contribution in [2.45, 2.75) is 11.4 Å². The van der Waals surface area contributed by atoms with Gasteiger partial charge in [-0.25, -0.2) is 0 Å². The van der Waals surface area contributed by atoms with Crippen molar-refractivity contribution >= 4 is 23.4 Å². The molecule has 2 aromatic rings. The van der Waals surface area contributed by atoms with Crippen LogP contribution in [0.2, 0.25) is 0 Å². The van der Waals surface area contributed by atoms with Crippen LogP contribution in [-0.4, -0.2) is 31.5 Å². The van der Waals surface area contributed by atoms with Gasteiger partial charge in [-0.15, -0.1) is 11.8 Å². The van der Waals surface area contributed by atoms with Gasteiger partial charge in [0.2, 0.25) is 12.7 Å². The van der Waals surface area contributed by atoms with Crippen LogP contribution in [0.15, 0.2) is 47.4 Å². The smallest absolute Gasteiger partial charge is 0.239 e. The van der Waals surface area contributed by atoms with Crippen LogP contribution < -0.4 is 19.7 Å². The fourth-order valence-electron chi connectivity index (χ4n) is 2.87. The van der Waals surface area contributed by atoms with Crippen molar-refractivity contribution in [3.8, 4) is 11.5 Å². The molecule has 6 heteroatoms. The number of nitrogens with zero attached hydrogens (tertiary/aromatic N) is 1. The molecule has 24 heavy (non-hydrogen) atoms. The van der Waals surface area contributed by atoms with Crippen molar-refractivity contribution in [2.75, 3.05) is 30.5 Å². The first-order valence-corrected chi connectivity index (χ1v) is 8.90. The molecule has 0 saturated heterocycles. The lowest BCUT2D eigenvalue weighted by Gasteiger charge is -2.30. The highest BCUT2D eigenvalue weighted by molar-refractivity contribution is 7.99. The Bertz CT molecular complexity index is 766. The van der Waals surface area contributed by atoms with E-state index in [-0.39, 0.29) is 12.7 Å². The minimum absolute atomic E-state index is 0.0226. The van der Waals surface area contributed by atoms with E-state index in [1.54, 1.807) is 0 Å². The molecule has 0 fully saturated rings. The monoisotopic (exact) mass is 342 g/mol. The number of hydrogen-bond acceptors (Lipinski definition) is 5. The standard InChI is InChI=1S/C18H18N2O3S/c21-18(11-20-7-8-24-17-4-2-1-3-14(17)20)19-10-13-5-6-15-16(9-13)23-12-22-15/h1-6,9H,7-8,10-12H2,(H,19,21). The molecule has 124 valence electrons. The van der Waals surface area contributed by atoms with Crippen LogP contribution in [0.1, 0.15) is 5.56 Å². The van der Waals surface area contributed by atoms with Gasteiger partial charge in [0.25, 0.3) is 0 Å². The SMILES string of the molecule is O=C(CN1CCSc2ccccc21)NCc1ccc2c(c1)OCO2. The second-order valence-corrected chi connectivity index (χ2v) is 6.84. The Labute approximate surface area is 144 Å². The quantitative estimate of drug-likeness (QED) is 0.926. The number of fused-ring (bicyclic) bond motifs is 2. The van der Waals surface area contributed by atoms with E-state index in [9.17, 15) is 4.79 Å². The van der Waals surface area contributed by atoms with E-state index in [1.807, 2.05) is 42.1 Å². The zero-order chi connectivity index (χ0) is 16.4. The maximum absolute atomic E-state index is 12.3. The Morgan fingerprint density at radius 1 is 1.17 bits per heavy atom. The maximum Gasteiger partial charge on any atom is 0.239 e. The van der Waals surface area contributed by atoms with Gasteiger partial charge in [-0.1, -0.05) is 18.2 Å². The number of anilines is 1. The van der Waals surface area contributed by atoms with Crippen molar-refractivity contribution in [1.82, 2.24) is 5.32 Å². The molecule has 2 aliphatic heterocycles. The first-order valence-electron chi connectivity index (χ1n) is 7.91. The topological polar surface area (TPSA) is 50.8 Å². The van der Waals surface area contributed by atoms with Crippen LogP contribution in [-0.2, 0) is 11.3 Å². The van der Waals surface area contributed by atoms with Crippen LogP contribution in [0, 0.1) is 0 Å². The van der Waals surface area contributed by atoms with Crippen LogP contribution in [0.3, 0.4) is 0 Å². The van der Waals surface area contributed by atoms with Crippen molar-refractivity contribution in [1.29, 1.82) is 0 Å². The van der Waals surface area contributed by atoms with Crippen LogP contribution in [0.4, 0.5) is 5.69 Å². The van der Waals surface area contributed by atoms with E-state index in [2.05, 4.69) is 22.3 Å². The largest absolute Gasteiger partial charge is 0.454 e. The second-order valence-electron chi connectivity index (χ2n) is 5.70. The van der Waals surface area contributed by atoms with Crippen LogP contribution >= 0.6 is 11.8 Å². The number of nitrogens with one attached hydrogen (secondary N) is 1. The third kappa shape index (κ3) is 3.14.